The number of hydrogen-bond acceptors (Lipinski definition) is 5. The number of carbonyl (C=O) groups excluding carboxylic acids is 3. The van der Waals surface area contributed by atoms with Gasteiger partial charge in [0.15, 0.2) is 11.5 Å². The predicted molar refractivity (Wildman–Crippen MR) is 128 cm³/mol. The van der Waals surface area contributed by atoms with Gasteiger partial charge in [0.25, 0.3) is 5.91 Å². The molecule has 2 aliphatic heterocycles. The summed E-state index contributed by atoms with van der Waals surface area (Å²) in [6, 6.07) is 12.7. The highest BCUT2D eigenvalue weighted by atomic mass is 16.5. The van der Waals surface area contributed by atoms with Gasteiger partial charge < -0.3 is 24.6 Å². The Labute approximate surface area is 199 Å². The topological polar surface area (TPSA) is 88.2 Å². The Kier molecular flexibility index (Phi) is 7.35. The third-order valence-electron chi connectivity index (χ3n) is 6.47. The van der Waals surface area contributed by atoms with Crippen LogP contribution in [0, 0.1) is 5.92 Å². The normalized spacial score (nSPS) is 17.7. The van der Waals surface area contributed by atoms with Gasteiger partial charge in [-0.25, -0.2) is 0 Å². The monoisotopic (exact) mass is 465 g/mol. The predicted octanol–water partition coefficient (Wildman–Crippen LogP) is 2.97. The van der Waals surface area contributed by atoms with Crippen LogP contribution in [0.1, 0.15) is 35.2 Å². The van der Waals surface area contributed by atoms with Gasteiger partial charge in [-0.05, 0) is 55.2 Å². The number of anilines is 1. The van der Waals surface area contributed by atoms with Crippen molar-refractivity contribution in [1.82, 2.24) is 9.80 Å². The third kappa shape index (κ3) is 5.32. The minimum atomic E-state index is -0.421. The molecular formula is C26H31N3O5. The molecule has 2 fully saturated rings. The van der Waals surface area contributed by atoms with Crippen LogP contribution >= 0.6 is 0 Å². The maximum absolute atomic E-state index is 12.9. The molecule has 34 heavy (non-hydrogen) atoms. The van der Waals surface area contributed by atoms with Crippen LogP contribution in [0.4, 0.5) is 5.69 Å². The summed E-state index contributed by atoms with van der Waals surface area (Å²) in [5.41, 5.74) is 2.17. The molecule has 2 heterocycles. The fourth-order valence-electron chi connectivity index (χ4n) is 4.54. The molecule has 2 aromatic carbocycles. The van der Waals surface area contributed by atoms with E-state index in [2.05, 4.69) is 5.32 Å². The molecule has 8 heteroatoms. The summed E-state index contributed by atoms with van der Waals surface area (Å²) in [7, 11) is 3.18. The molecule has 1 atom stereocenters. The molecule has 1 unspecified atom stereocenters. The molecule has 0 aliphatic carbocycles. The molecule has 180 valence electrons. The largest absolute Gasteiger partial charge is 0.493 e. The summed E-state index contributed by atoms with van der Waals surface area (Å²) in [6.45, 7) is 2.46. The summed E-state index contributed by atoms with van der Waals surface area (Å²) >= 11 is 0. The molecule has 3 amide bonds. The van der Waals surface area contributed by atoms with Crippen molar-refractivity contribution in [3.8, 4) is 11.5 Å². The summed E-state index contributed by atoms with van der Waals surface area (Å²) in [5, 5.41) is 2.89. The number of carbonyl (C=O) groups is 3. The van der Waals surface area contributed by atoms with Crippen molar-refractivity contribution < 1.29 is 23.9 Å². The van der Waals surface area contributed by atoms with Gasteiger partial charge in [-0.1, -0.05) is 12.1 Å². The standard InChI is InChI=1S/C26H31N3O5/c1-33-22-9-8-18(14-23(22)34-2)10-13-29-17-20(16-24(29)30)25(31)27-21-7-5-6-19(15-21)26(32)28-11-3-4-12-28/h5-9,14-15,20H,3-4,10-13,16-17H2,1-2H3,(H,27,31). The van der Waals surface area contributed by atoms with Crippen molar-refractivity contribution in [3.05, 3.63) is 53.6 Å². The molecule has 0 aromatic heterocycles. The maximum atomic E-state index is 12.9. The number of benzene rings is 2. The van der Waals surface area contributed by atoms with Gasteiger partial charge in [0.05, 0.1) is 20.1 Å². The average Bonchev–Trinajstić information content (AvgIpc) is 3.52. The van der Waals surface area contributed by atoms with E-state index in [-0.39, 0.29) is 24.1 Å². The van der Waals surface area contributed by atoms with E-state index in [1.807, 2.05) is 23.1 Å². The lowest BCUT2D eigenvalue weighted by atomic mass is 10.1. The van der Waals surface area contributed by atoms with Crippen LogP contribution in [0.2, 0.25) is 0 Å². The number of hydrogen-bond donors (Lipinski definition) is 1. The van der Waals surface area contributed by atoms with Crippen molar-refractivity contribution in [2.75, 3.05) is 45.7 Å². The van der Waals surface area contributed by atoms with Gasteiger partial charge in [0.2, 0.25) is 11.8 Å². The van der Waals surface area contributed by atoms with E-state index in [1.165, 1.54) is 0 Å². The molecule has 0 bridgehead atoms. The zero-order valence-electron chi connectivity index (χ0n) is 19.7. The number of rotatable bonds is 8. The summed E-state index contributed by atoms with van der Waals surface area (Å²) < 4.78 is 10.6. The van der Waals surface area contributed by atoms with Crippen LogP contribution in [0.5, 0.6) is 11.5 Å². The van der Waals surface area contributed by atoms with Gasteiger partial charge in [-0.15, -0.1) is 0 Å². The molecule has 2 aliphatic rings. The van der Waals surface area contributed by atoms with Crippen molar-refractivity contribution in [3.63, 3.8) is 0 Å². The highest BCUT2D eigenvalue weighted by Crippen LogP contribution is 2.28. The Morgan fingerprint density at radius 3 is 2.53 bits per heavy atom. The number of amides is 3. The molecule has 0 spiro atoms. The first kappa shape index (κ1) is 23.6. The van der Waals surface area contributed by atoms with Gasteiger partial charge in [0.1, 0.15) is 0 Å². The van der Waals surface area contributed by atoms with Crippen molar-refractivity contribution >= 4 is 23.4 Å². The van der Waals surface area contributed by atoms with Gasteiger partial charge >= 0.3 is 0 Å². The molecule has 0 saturated carbocycles. The van der Waals surface area contributed by atoms with E-state index in [9.17, 15) is 14.4 Å². The Hall–Kier alpha value is -3.55. The summed E-state index contributed by atoms with van der Waals surface area (Å²) in [6.07, 6.45) is 2.89. The van der Waals surface area contributed by atoms with E-state index < -0.39 is 5.92 Å². The minimum Gasteiger partial charge on any atom is -0.493 e. The maximum Gasteiger partial charge on any atom is 0.253 e. The van der Waals surface area contributed by atoms with E-state index in [0.29, 0.717) is 42.3 Å². The third-order valence-corrected chi connectivity index (χ3v) is 6.47. The molecule has 8 nitrogen and oxygen atoms in total. The molecule has 2 aromatic rings. The molecule has 1 N–H and O–H groups in total. The Bertz CT molecular complexity index is 1060. The summed E-state index contributed by atoms with van der Waals surface area (Å²) in [4.78, 5) is 41.6. The molecular weight excluding hydrogens is 434 g/mol. The second-order valence-corrected chi connectivity index (χ2v) is 8.75. The van der Waals surface area contributed by atoms with Crippen molar-refractivity contribution in [1.29, 1.82) is 0 Å². The zero-order chi connectivity index (χ0) is 24.1. The van der Waals surface area contributed by atoms with Gasteiger partial charge in [-0.3, -0.25) is 14.4 Å². The quantitative estimate of drug-likeness (QED) is 0.648. The Morgan fingerprint density at radius 2 is 1.79 bits per heavy atom. The van der Waals surface area contributed by atoms with Gasteiger partial charge in [-0.2, -0.15) is 0 Å². The lowest BCUT2D eigenvalue weighted by molar-refractivity contribution is -0.128. The highest BCUT2D eigenvalue weighted by Gasteiger charge is 2.34. The number of likely N-dealkylation sites (tertiary alicyclic amines) is 2. The first-order chi connectivity index (χ1) is 16.5. The second kappa shape index (κ2) is 10.6. The Morgan fingerprint density at radius 1 is 1.03 bits per heavy atom. The molecule has 4 rings (SSSR count). The first-order valence-corrected chi connectivity index (χ1v) is 11.7. The van der Waals surface area contributed by atoms with Gasteiger partial charge in [0, 0.05) is 43.9 Å². The molecule has 2 saturated heterocycles. The van der Waals surface area contributed by atoms with Crippen LogP contribution in [0.3, 0.4) is 0 Å². The van der Waals surface area contributed by atoms with E-state index in [1.54, 1.807) is 43.4 Å². The van der Waals surface area contributed by atoms with E-state index in [4.69, 9.17) is 9.47 Å². The first-order valence-electron chi connectivity index (χ1n) is 11.7. The average molecular weight is 466 g/mol. The van der Waals surface area contributed by atoms with Crippen LogP contribution < -0.4 is 14.8 Å². The smallest absolute Gasteiger partial charge is 0.253 e. The van der Waals surface area contributed by atoms with Crippen LogP contribution in [0.15, 0.2) is 42.5 Å². The number of nitrogens with zero attached hydrogens (tertiary/aromatic N) is 2. The van der Waals surface area contributed by atoms with Crippen LogP contribution in [-0.2, 0) is 16.0 Å². The SMILES string of the molecule is COc1ccc(CCN2CC(C(=O)Nc3cccc(C(=O)N4CCCC4)c3)CC2=O)cc1OC. The van der Waals surface area contributed by atoms with Crippen LogP contribution in [0.25, 0.3) is 0 Å². The number of ether oxygens (including phenoxy) is 2. The minimum absolute atomic E-state index is 0.00835. The number of nitrogens with one attached hydrogen (secondary N) is 1. The Balaban J connectivity index is 1.32. The summed E-state index contributed by atoms with van der Waals surface area (Å²) in [5.74, 6) is 0.648. The fourth-order valence-corrected chi connectivity index (χ4v) is 4.54. The number of methoxy groups -OCH3 is 2. The second-order valence-electron chi connectivity index (χ2n) is 8.75. The highest BCUT2D eigenvalue weighted by molar-refractivity contribution is 5.99. The lowest BCUT2D eigenvalue weighted by Gasteiger charge is -2.18. The molecule has 0 radical (unpaired) electrons. The zero-order valence-corrected chi connectivity index (χ0v) is 19.7. The van der Waals surface area contributed by atoms with Crippen molar-refractivity contribution in [2.24, 2.45) is 5.92 Å². The van der Waals surface area contributed by atoms with Crippen LogP contribution in [-0.4, -0.2) is 67.9 Å². The fraction of sp³-hybridized carbons (Fsp3) is 0.423. The van der Waals surface area contributed by atoms with E-state index in [0.717, 1.165) is 31.5 Å². The van der Waals surface area contributed by atoms with E-state index >= 15 is 0 Å². The lowest BCUT2D eigenvalue weighted by Crippen LogP contribution is -2.30. The van der Waals surface area contributed by atoms with Crippen molar-refractivity contribution in [2.45, 2.75) is 25.7 Å².